The molecule has 0 bridgehead atoms. The molecule has 0 atom stereocenters. The summed E-state index contributed by atoms with van der Waals surface area (Å²) < 4.78 is 30.4. The molecule has 0 saturated carbocycles. The highest BCUT2D eigenvalue weighted by Gasteiger charge is 2.21. The summed E-state index contributed by atoms with van der Waals surface area (Å²) in [6, 6.07) is 12.6. The number of para-hydroxylation sites is 1. The van der Waals surface area contributed by atoms with Crippen LogP contribution in [0.25, 0.3) is 0 Å². The molecule has 2 aromatic rings. The Bertz CT molecular complexity index is 826. The van der Waals surface area contributed by atoms with Crippen molar-refractivity contribution in [3.8, 4) is 11.5 Å². The zero-order valence-electron chi connectivity index (χ0n) is 15.8. The molecular formula is C19H28N4O3S. The molecule has 0 amide bonds. The van der Waals surface area contributed by atoms with Crippen LogP contribution in [-0.4, -0.2) is 28.6 Å². The number of hydrogen-bond acceptors (Lipinski definition) is 6. The van der Waals surface area contributed by atoms with Crippen LogP contribution in [-0.2, 0) is 16.4 Å². The first-order valence-electron chi connectivity index (χ1n) is 9.01. The van der Waals surface area contributed by atoms with Gasteiger partial charge >= 0.3 is 0 Å². The van der Waals surface area contributed by atoms with Gasteiger partial charge in [0.25, 0.3) is 0 Å². The van der Waals surface area contributed by atoms with Gasteiger partial charge in [0, 0.05) is 13.1 Å². The monoisotopic (exact) mass is 392 g/mol. The van der Waals surface area contributed by atoms with Gasteiger partial charge in [-0.1, -0.05) is 31.5 Å². The maximum absolute atomic E-state index is 12.3. The summed E-state index contributed by atoms with van der Waals surface area (Å²) in [5, 5.41) is 8.79. The minimum atomic E-state index is -3.96. The van der Waals surface area contributed by atoms with Gasteiger partial charge in [0.2, 0.25) is 10.0 Å². The number of nitrogens with one attached hydrogen (secondary N) is 3. The molecular weight excluding hydrogens is 364 g/mol. The molecule has 5 N–H and O–H groups in total. The number of anilines is 1. The van der Waals surface area contributed by atoms with E-state index in [1.54, 1.807) is 25.2 Å². The third-order valence-electron chi connectivity index (χ3n) is 3.95. The first kappa shape index (κ1) is 21.2. The fourth-order valence-electron chi connectivity index (χ4n) is 2.59. The van der Waals surface area contributed by atoms with Crippen LogP contribution >= 0.6 is 0 Å². The number of primary sulfonamides is 1. The smallest absolute Gasteiger partial charge is 0.241 e. The molecule has 0 radical (unpaired) electrons. The van der Waals surface area contributed by atoms with Crippen LogP contribution in [0.1, 0.15) is 25.3 Å². The lowest BCUT2D eigenvalue weighted by molar-refractivity contribution is 0.468. The molecule has 2 rings (SSSR count). The minimum Gasteiger partial charge on any atom is -0.454 e. The molecule has 0 saturated heterocycles. The molecule has 0 spiro atoms. The average molecular weight is 393 g/mol. The van der Waals surface area contributed by atoms with Crippen molar-refractivity contribution in [1.29, 1.82) is 0 Å². The lowest BCUT2D eigenvalue weighted by Crippen LogP contribution is -2.29. The fourth-order valence-corrected chi connectivity index (χ4v) is 3.32. The molecule has 2 aromatic carbocycles. The van der Waals surface area contributed by atoms with Crippen molar-refractivity contribution in [3.05, 3.63) is 48.0 Å². The van der Waals surface area contributed by atoms with Crippen LogP contribution < -0.4 is 26.0 Å². The maximum Gasteiger partial charge on any atom is 0.241 e. The van der Waals surface area contributed by atoms with Crippen LogP contribution in [0.3, 0.4) is 0 Å². The Morgan fingerprint density at radius 3 is 2.48 bits per heavy atom. The Kier molecular flexibility index (Phi) is 8.05. The van der Waals surface area contributed by atoms with E-state index in [-0.39, 0.29) is 10.6 Å². The minimum absolute atomic E-state index is 0.0210. The van der Waals surface area contributed by atoms with Gasteiger partial charge in [-0.25, -0.2) is 13.6 Å². The number of benzene rings is 2. The molecule has 148 valence electrons. The van der Waals surface area contributed by atoms with Gasteiger partial charge in [-0.05, 0) is 49.7 Å². The zero-order chi connectivity index (χ0) is 19.7. The molecule has 0 aliphatic carbocycles. The molecule has 0 aliphatic heterocycles. The van der Waals surface area contributed by atoms with Gasteiger partial charge in [0.05, 0.1) is 5.69 Å². The largest absolute Gasteiger partial charge is 0.454 e. The van der Waals surface area contributed by atoms with Crippen LogP contribution in [0.4, 0.5) is 5.69 Å². The van der Waals surface area contributed by atoms with Crippen molar-refractivity contribution in [2.24, 2.45) is 5.14 Å². The van der Waals surface area contributed by atoms with Crippen molar-refractivity contribution in [2.45, 2.75) is 31.1 Å². The van der Waals surface area contributed by atoms with Gasteiger partial charge in [-0.15, -0.1) is 0 Å². The molecule has 0 heterocycles. The van der Waals surface area contributed by atoms with Crippen molar-refractivity contribution in [1.82, 2.24) is 10.9 Å². The predicted molar refractivity (Wildman–Crippen MR) is 108 cm³/mol. The highest BCUT2D eigenvalue weighted by atomic mass is 32.2. The highest BCUT2D eigenvalue weighted by molar-refractivity contribution is 7.89. The predicted octanol–water partition coefficient (Wildman–Crippen LogP) is 2.60. The Hall–Kier alpha value is -2.13. The van der Waals surface area contributed by atoms with Crippen LogP contribution in [0.5, 0.6) is 11.5 Å². The van der Waals surface area contributed by atoms with E-state index in [9.17, 15) is 8.42 Å². The third-order valence-corrected chi connectivity index (χ3v) is 4.86. The van der Waals surface area contributed by atoms with E-state index >= 15 is 0 Å². The van der Waals surface area contributed by atoms with Crippen LogP contribution in [0.2, 0.25) is 0 Å². The van der Waals surface area contributed by atoms with Crippen molar-refractivity contribution >= 4 is 15.7 Å². The maximum atomic E-state index is 12.3. The van der Waals surface area contributed by atoms with Gasteiger partial charge in [0.15, 0.2) is 5.75 Å². The number of nitrogens with two attached hydrogens (primary N) is 1. The first-order chi connectivity index (χ1) is 13.0. The van der Waals surface area contributed by atoms with Crippen molar-refractivity contribution < 1.29 is 13.2 Å². The molecule has 0 unspecified atom stereocenters. The van der Waals surface area contributed by atoms with E-state index in [4.69, 9.17) is 9.88 Å². The summed E-state index contributed by atoms with van der Waals surface area (Å²) in [7, 11) is -2.18. The fraction of sp³-hybridized carbons (Fsp3) is 0.368. The van der Waals surface area contributed by atoms with Crippen LogP contribution in [0.15, 0.2) is 47.4 Å². The molecule has 27 heavy (non-hydrogen) atoms. The lowest BCUT2D eigenvalue weighted by Gasteiger charge is -2.18. The number of ether oxygens (including phenoxy) is 1. The number of hydrazine groups is 1. The van der Waals surface area contributed by atoms with Crippen molar-refractivity contribution in [2.75, 3.05) is 25.5 Å². The second-order valence-corrected chi connectivity index (χ2v) is 7.67. The van der Waals surface area contributed by atoms with Crippen LogP contribution in [0, 0.1) is 0 Å². The molecule has 0 aromatic heterocycles. The Morgan fingerprint density at radius 1 is 1.11 bits per heavy atom. The van der Waals surface area contributed by atoms with E-state index in [0.29, 0.717) is 30.9 Å². The second-order valence-electron chi connectivity index (χ2n) is 6.14. The number of sulfonamides is 1. The average Bonchev–Trinajstić information content (AvgIpc) is 2.63. The highest BCUT2D eigenvalue weighted by Crippen LogP contribution is 2.37. The normalized spacial score (nSPS) is 11.4. The molecule has 7 nitrogen and oxygen atoms in total. The van der Waals surface area contributed by atoms with Gasteiger partial charge in [-0.2, -0.15) is 0 Å². The zero-order valence-corrected chi connectivity index (χ0v) is 16.6. The van der Waals surface area contributed by atoms with E-state index in [2.05, 4.69) is 23.1 Å². The van der Waals surface area contributed by atoms with E-state index in [0.717, 1.165) is 18.4 Å². The van der Waals surface area contributed by atoms with E-state index in [1.807, 2.05) is 24.3 Å². The Morgan fingerprint density at radius 2 is 1.85 bits per heavy atom. The number of hydrogen-bond donors (Lipinski definition) is 4. The van der Waals surface area contributed by atoms with E-state index in [1.165, 1.54) is 0 Å². The van der Waals surface area contributed by atoms with Gasteiger partial charge in [0.1, 0.15) is 10.6 Å². The van der Waals surface area contributed by atoms with Crippen molar-refractivity contribution in [3.63, 3.8) is 0 Å². The Balaban J connectivity index is 2.47. The first-order valence-corrected chi connectivity index (χ1v) is 10.6. The quantitative estimate of drug-likeness (QED) is 0.346. The van der Waals surface area contributed by atoms with Gasteiger partial charge < -0.3 is 10.1 Å². The third kappa shape index (κ3) is 6.51. The molecule has 8 heteroatoms. The number of rotatable bonds is 11. The molecule has 0 aliphatic rings. The number of unbranched alkanes of at least 4 members (excludes halogenated alkanes) is 1. The van der Waals surface area contributed by atoms with Gasteiger partial charge in [-0.3, -0.25) is 10.9 Å². The summed E-state index contributed by atoms with van der Waals surface area (Å²) >= 11 is 0. The standard InChI is InChI=1S/C19H28N4O3S/c1-3-4-11-22-17-13-15(10-12-23-21-2)14-18(27(20,24)25)19(17)26-16-8-6-5-7-9-16/h5-9,13-14,21-23H,3-4,10-12H2,1-2H3,(H2,20,24,25). The summed E-state index contributed by atoms with van der Waals surface area (Å²) in [6.45, 7) is 3.45. The summed E-state index contributed by atoms with van der Waals surface area (Å²) in [4.78, 5) is -0.0210. The topological polar surface area (TPSA) is 105 Å². The summed E-state index contributed by atoms with van der Waals surface area (Å²) in [6.07, 6.45) is 2.62. The molecule has 0 fully saturated rings. The second kappa shape index (κ2) is 10.3. The SMILES string of the molecule is CCCCNc1cc(CCNNC)cc(S(N)(=O)=O)c1Oc1ccccc1. The summed E-state index contributed by atoms with van der Waals surface area (Å²) in [5.41, 5.74) is 7.32. The Labute approximate surface area is 161 Å². The summed E-state index contributed by atoms with van der Waals surface area (Å²) in [5.74, 6) is 0.774. The van der Waals surface area contributed by atoms with E-state index < -0.39 is 10.0 Å². The lowest BCUT2D eigenvalue weighted by atomic mass is 10.1.